The normalized spacial score (nSPS) is 18.8. The lowest BCUT2D eigenvalue weighted by atomic mass is 9.86. The van der Waals surface area contributed by atoms with Crippen molar-refractivity contribution >= 4 is 44.4 Å². The lowest BCUT2D eigenvalue weighted by Crippen LogP contribution is -2.49. The van der Waals surface area contributed by atoms with Gasteiger partial charge in [0.15, 0.2) is 5.43 Å². The van der Waals surface area contributed by atoms with E-state index in [9.17, 15) is 19.8 Å². The molecular formula is C28H30N2O6. The van der Waals surface area contributed by atoms with Crippen LogP contribution < -0.4 is 15.1 Å². The number of aliphatic hydroxyl groups excluding tert-OH is 2. The summed E-state index contributed by atoms with van der Waals surface area (Å²) in [5, 5.41) is 24.7. The van der Waals surface area contributed by atoms with Crippen molar-refractivity contribution in [1.29, 1.82) is 0 Å². The van der Waals surface area contributed by atoms with Crippen molar-refractivity contribution in [2.24, 2.45) is 7.05 Å². The number of pyridine rings is 1. The fraction of sp³-hybridized carbons (Fsp3) is 0.357. The number of ether oxygens (including phenoxy) is 2. The molecule has 0 saturated carbocycles. The Kier molecular flexibility index (Phi) is 5.69. The second-order valence-electron chi connectivity index (χ2n) is 9.85. The Morgan fingerprint density at radius 2 is 1.83 bits per heavy atom. The van der Waals surface area contributed by atoms with Gasteiger partial charge in [0.05, 0.1) is 29.2 Å². The molecule has 5 rings (SSSR count). The number of aromatic nitrogens is 1. The number of hydrogen-bond donors (Lipinski definition) is 2. The van der Waals surface area contributed by atoms with Gasteiger partial charge in [-0.05, 0) is 43.2 Å². The van der Waals surface area contributed by atoms with E-state index in [4.69, 9.17) is 9.47 Å². The second-order valence-corrected chi connectivity index (χ2v) is 9.85. The standard InChI is InChI=1S/C28H30N2O6/c1-6-11-30(27(34)35-5)19-14-20-22(25(32)26(33)28(2,3)36-20)23-21(19)24(31)17-12-15-9-7-8-10-16(15)13-18(17)29(23)4/h7-10,12-14,25-26,32-33H,6,11H2,1-5H3/t25-,26-/m0/s1. The number of aryl methyl sites for hydroxylation is 1. The van der Waals surface area contributed by atoms with Crippen LogP contribution in [0.3, 0.4) is 0 Å². The minimum Gasteiger partial charge on any atom is -0.484 e. The fourth-order valence-electron chi connectivity index (χ4n) is 5.27. The lowest BCUT2D eigenvalue weighted by molar-refractivity contribution is -0.111. The molecule has 1 aliphatic heterocycles. The van der Waals surface area contributed by atoms with Crippen molar-refractivity contribution in [2.75, 3.05) is 18.6 Å². The maximum Gasteiger partial charge on any atom is 0.414 e. The Bertz CT molecular complexity index is 1590. The summed E-state index contributed by atoms with van der Waals surface area (Å²) < 4.78 is 13.1. The first-order valence-electron chi connectivity index (χ1n) is 12.0. The molecule has 2 atom stereocenters. The number of rotatable bonds is 3. The van der Waals surface area contributed by atoms with E-state index in [0.717, 1.165) is 10.8 Å². The van der Waals surface area contributed by atoms with Crippen LogP contribution in [0.25, 0.3) is 32.6 Å². The minimum atomic E-state index is -1.30. The van der Waals surface area contributed by atoms with Crippen molar-refractivity contribution in [3.63, 3.8) is 0 Å². The third-order valence-corrected chi connectivity index (χ3v) is 7.13. The zero-order valence-corrected chi connectivity index (χ0v) is 21.0. The minimum absolute atomic E-state index is 0.257. The largest absolute Gasteiger partial charge is 0.484 e. The van der Waals surface area contributed by atoms with E-state index in [2.05, 4.69) is 0 Å². The lowest BCUT2D eigenvalue weighted by Gasteiger charge is -2.41. The van der Waals surface area contributed by atoms with Crippen LogP contribution in [-0.2, 0) is 11.8 Å². The third kappa shape index (κ3) is 3.43. The molecule has 0 fully saturated rings. The van der Waals surface area contributed by atoms with Crippen LogP contribution in [0.15, 0.2) is 47.3 Å². The molecule has 0 spiro atoms. The molecule has 0 saturated heterocycles. The first-order chi connectivity index (χ1) is 17.1. The smallest absolute Gasteiger partial charge is 0.414 e. The van der Waals surface area contributed by atoms with Gasteiger partial charge in [0, 0.05) is 30.6 Å². The van der Waals surface area contributed by atoms with Gasteiger partial charge in [0.25, 0.3) is 0 Å². The number of benzene rings is 3. The zero-order valence-electron chi connectivity index (χ0n) is 21.0. The summed E-state index contributed by atoms with van der Waals surface area (Å²) in [4.78, 5) is 28.4. The average Bonchev–Trinajstić information content (AvgIpc) is 2.86. The van der Waals surface area contributed by atoms with Gasteiger partial charge in [0.1, 0.15) is 23.6 Å². The van der Waals surface area contributed by atoms with E-state index < -0.39 is 23.9 Å². The van der Waals surface area contributed by atoms with E-state index in [0.29, 0.717) is 46.4 Å². The summed E-state index contributed by atoms with van der Waals surface area (Å²) in [6.07, 6.45) is -2.51. The number of amides is 1. The van der Waals surface area contributed by atoms with Crippen molar-refractivity contribution < 1.29 is 24.5 Å². The van der Waals surface area contributed by atoms with Crippen LogP contribution in [0, 0.1) is 0 Å². The topological polar surface area (TPSA) is 101 Å². The number of carbonyl (C=O) groups excluding carboxylic acids is 1. The Balaban J connectivity index is 2.01. The van der Waals surface area contributed by atoms with Crippen LogP contribution in [0.4, 0.5) is 10.5 Å². The van der Waals surface area contributed by atoms with Gasteiger partial charge < -0.3 is 24.3 Å². The van der Waals surface area contributed by atoms with Crippen molar-refractivity contribution in [1.82, 2.24) is 4.57 Å². The quantitative estimate of drug-likeness (QED) is 0.413. The van der Waals surface area contributed by atoms with Crippen LogP contribution in [-0.4, -0.2) is 46.2 Å². The molecule has 0 bridgehead atoms. The van der Waals surface area contributed by atoms with Crippen LogP contribution in [0.2, 0.25) is 0 Å². The zero-order chi connectivity index (χ0) is 25.9. The summed E-state index contributed by atoms with van der Waals surface area (Å²) in [7, 11) is 3.11. The molecule has 188 valence electrons. The van der Waals surface area contributed by atoms with Crippen molar-refractivity contribution in [3.05, 3.63) is 58.3 Å². The molecule has 0 radical (unpaired) electrons. The van der Waals surface area contributed by atoms with Gasteiger partial charge in [-0.15, -0.1) is 0 Å². The Morgan fingerprint density at radius 3 is 2.47 bits per heavy atom. The predicted octanol–water partition coefficient (Wildman–Crippen LogP) is 4.39. The number of nitrogens with zero attached hydrogens (tertiary/aromatic N) is 2. The molecule has 3 aromatic carbocycles. The Hall–Kier alpha value is -3.62. The second kappa shape index (κ2) is 8.50. The molecule has 1 amide bonds. The van der Waals surface area contributed by atoms with Gasteiger partial charge in [-0.1, -0.05) is 31.2 Å². The van der Waals surface area contributed by atoms with Crippen LogP contribution >= 0.6 is 0 Å². The monoisotopic (exact) mass is 490 g/mol. The summed E-state index contributed by atoms with van der Waals surface area (Å²) >= 11 is 0. The molecule has 0 unspecified atom stereocenters. The highest BCUT2D eigenvalue weighted by molar-refractivity contribution is 6.09. The molecule has 2 N–H and O–H groups in total. The molecule has 1 aliphatic rings. The molecular weight excluding hydrogens is 460 g/mol. The van der Waals surface area contributed by atoms with E-state index in [1.807, 2.05) is 54.9 Å². The molecule has 8 nitrogen and oxygen atoms in total. The highest BCUT2D eigenvalue weighted by Gasteiger charge is 2.44. The molecule has 36 heavy (non-hydrogen) atoms. The maximum atomic E-state index is 14.1. The Labute approximate surface area is 208 Å². The molecule has 4 aromatic rings. The third-order valence-electron chi connectivity index (χ3n) is 7.13. The highest BCUT2D eigenvalue weighted by atomic mass is 16.5. The summed E-state index contributed by atoms with van der Waals surface area (Å²) in [6, 6.07) is 13.2. The van der Waals surface area contributed by atoms with E-state index >= 15 is 0 Å². The van der Waals surface area contributed by atoms with E-state index in [1.54, 1.807) is 19.9 Å². The summed E-state index contributed by atoms with van der Waals surface area (Å²) in [6.45, 7) is 5.61. The molecule has 2 heterocycles. The number of fused-ring (bicyclic) bond motifs is 5. The first-order valence-corrected chi connectivity index (χ1v) is 12.0. The van der Waals surface area contributed by atoms with E-state index in [-0.39, 0.29) is 10.8 Å². The molecule has 8 heteroatoms. The predicted molar refractivity (Wildman–Crippen MR) is 140 cm³/mol. The summed E-state index contributed by atoms with van der Waals surface area (Å²) in [5.41, 5.74) is 0.353. The van der Waals surface area contributed by atoms with Crippen molar-refractivity contribution in [3.8, 4) is 5.75 Å². The van der Waals surface area contributed by atoms with Gasteiger partial charge in [-0.3, -0.25) is 9.69 Å². The SMILES string of the molecule is CCCN(C(=O)OC)c1cc2c(c3c1c(=O)c1cc4ccccc4cc1n3C)[C@H](O)[C@H](O)C(C)(C)O2. The molecule has 0 aliphatic carbocycles. The average molecular weight is 491 g/mol. The maximum absolute atomic E-state index is 14.1. The number of hydrogen-bond acceptors (Lipinski definition) is 6. The Morgan fingerprint density at radius 1 is 1.17 bits per heavy atom. The fourth-order valence-corrected chi connectivity index (χ4v) is 5.27. The number of aliphatic hydroxyl groups is 2. The van der Waals surface area contributed by atoms with Crippen LogP contribution in [0.5, 0.6) is 5.75 Å². The van der Waals surface area contributed by atoms with E-state index in [1.165, 1.54) is 12.0 Å². The molecule has 1 aromatic heterocycles. The van der Waals surface area contributed by atoms with Crippen LogP contribution in [0.1, 0.15) is 38.9 Å². The summed E-state index contributed by atoms with van der Waals surface area (Å²) in [5.74, 6) is 0.306. The number of carbonyl (C=O) groups is 1. The number of methoxy groups -OCH3 is 1. The first kappa shape index (κ1) is 24.1. The van der Waals surface area contributed by atoms with Gasteiger partial charge in [-0.25, -0.2) is 4.79 Å². The number of anilines is 1. The van der Waals surface area contributed by atoms with Crippen molar-refractivity contribution in [2.45, 2.75) is 45.0 Å². The van der Waals surface area contributed by atoms with Gasteiger partial charge in [0.2, 0.25) is 0 Å². The van der Waals surface area contributed by atoms with Gasteiger partial charge >= 0.3 is 6.09 Å². The highest BCUT2D eigenvalue weighted by Crippen LogP contribution is 2.46. The van der Waals surface area contributed by atoms with Gasteiger partial charge in [-0.2, -0.15) is 0 Å².